The average molecular weight is 483 g/mol. The lowest BCUT2D eigenvalue weighted by Gasteiger charge is -2.35. The van der Waals surface area contributed by atoms with Crippen LogP contribution in [0, 0.1) is 0 Å². The van der Waals surface area contributed by atoms with Crippen molar-refractivity contribution in [3.63, 3.8) is 0 Å². The highest BCUT2D eigenvalue weighted by Crippen LogP contribution is 2.24. The van der Waals surface area contributed by atoms with E-state index in [9.17, 15) is 13.2 Å². The number of halogens is 1. The second-order valence-electron chi connectivity index (χ2n) is 7.68. The molecule has 2 aromatic rings. The van der Waals surface area contributed by atoms with Crippen LogP contribution in [0.3, 0.4) is 0 Å². The summed E-state index contributed by atoms with van der Waals surface area (Å²) >= 11 is 6.08. The summed E-state index contributed by atoms with van der Waals surface area (Å²) in [7, 11) is -2.29. The smallest absolute Gasteiger partial charge is 0.263 e. The Balaban J connectivity index is 1.69. The number of sulfonamides is 1. The van der Waals surface area contributed by atoms with Gasteiger partial charge in [0, 0.05) is 63.2 Å². The third-order valence-corrected chi connectivity index (χ3v) is 7.71. The summed E-state index contributed by atoms with van der Waals surface area (Å²) in [5.74, 6) is -0.429. The van der Waals surface area contributed by atoms with Crippen molar-refractivity contribution in [2.75, 3.05) is 57.3 Å². The molecule has 0 saturated carbocycles. The van der Waals surface area contributed by atoms with E-state index in [1.165, 1.54) is 15.2 Å². The first kappa shape index (κ1) is 24.5. The third-order valence-electron chi connectivity index (χ3n) is 5.64. The maximum atomic E-state index is 13.3. The molecule has 1 aromatic heterocycles. The third kappa shape index (κ3) is 5.61. The number of hydrogen-bond acceptors (Lipinski definition) is 6. The van der Waals surface area contributed by atoms with Crippen LogP contribution < -0.4 is 10.2 Å². The van der Waals surface area contributed by atoms with Gasteiger partial charge in [0.1, 0.15) is 0 Å². The second kappa shape index (κ2) is 10.7. The van der Waals surface area contributed by atoms with Crippen LogP contribution in [0.1, 0.15) is 24.2 Å². The second-order valence-corrected chi connectivity index (χ2v) is 9.97. The number of likely N-dealkylation sites (N-methyl/N-ethyl adjacent to an activating group) is 1. The number of hydrogen-bond donors (Lipinski definition) is 1. The molecule has 1 aromatic carbocycles. The van der Waals surface area contributed by atoms with E-state index in [4.69, 9.17) is 11.6 Å². The molecule has 2 heterocycles. The molecule has 176 valence electrons. The molecule has 0 bridgehead atoms. The summed E-state index contributed by atoms with van der Waals surface area (Å²) in [5.41, 5.74) is 1.03. The quantitative estimate of drug-likeness (QED) is 0.584. The molecule has 1 fully saturated rings. The number of piperazine rings is 1. The highest BCUT2D eigenvalue weighted by Gasteiger charge is 2.34. The molecule has 1 saturated heterocycles. The van der Waals surface area contributed by atoms with Crippen LogP contribution in [-0.2, 0) is 17.1 Å². The molecule has 0 radical (unpaired) electrons. The molecule has 0 atom stereocenters. The minimum absolute atomic E-state index is 0.0734. The number of carbonyl (C=O) groups excluding carboxylic acids is 1. The van der Waals surface area contributed by atoms with Gasteiger partial charge in [0.25, 0.3) is 15.9 Å². The molecule has 32 heavy (non-hydrogen) atoms. The van der Waals surface area contributed by atoms with Gasteiger partial charge in [0.05, 0.1) is 5.56 Å². The summed E-state index contributed by atoms with van der Waals surface area (Å²) in [5, 5.41) is 7.39. The molecule has 3 rings (SSSR count). The molecule has 0 aliphatic carbocycles. The molecule has 1 aliphatic rings. The topological polar surface area (TPSA) is 90.8 Å². The fraction of sp³-hybridized carbons (Fsp3) is 0.524. The van der Waals surface area contributed by atoms with Crippen molar-refractivity contribution in [3.05, 3.63) is 41.0 Å². The van der Waals surface area contributed by atoms with Crippen LogP contribution >= 0.6 is 11.6 Å². The first-order chi connectivity index (χ1) is 15.3. The Hall–Kier alpha value is -2.14. The molecule has 1 amide bonds. The lowest BCUT2D eigenvalue weighted by atomic mass is 10.2. The molecule has 9 nitrogen and oxygen atoms in total. The summed E-state index contributed by atoms with van der Waals surface area (Å²) in [6.07, 6.45) is 1.46. The van der Waals surface area contributed by atoms with Crippen LogP contribution in [-0.4, -0.2) is 85.7 Å². The van der Waals surface area contributed by atoms with Gasteiger partial charge >= 0.3 is 0 Å². The van der Waals surface area contributed by atoms with Crippen LogP contribution in [0.15, 0.2) is 35.5 Å². The van der Waals surface area contributed by atoms with Crippen molar-refractivity contribution in [1.29, 1.82) is 0 Å². The molecule has 0 spiro atoms. The lowest BCUT2D eigenvalue weighted by molar-refractivity contribution is 0.0945. The van der Waals surface area contributed by atoms with Gasteiger partial charge < -0.3 is 15.1 Å². The summed E-state index contributed by atoms with van der Waals surface area (Å²) < 4.78 is 29.4. The van der Waals surface area contributed by atoms with Gasteiger partial charge in [-0.2, -0.15) is 9.40 Å². The van der Waals surface area contributed by atoms with Crippen molar-refractivity contribution in [1.82, 2.24) is 24.3 Å². The molecular weight excluding hydrogens is 452 g/mol. The molecule has 11 heteroatoms. The van der Waals surface area contributed by atoms with E-state index in [0.717, 1.165) is 18.8 Å². The van der Waals surface area contributed by atoms with Gasteiger partial charge in [0.15, 0.2) is 0 Å². The lowest BCUT2D eigenvalue weighted by Crippen LogP contribution is -2.49. The highest BCUT2D eigenvalue weighted by molar-refractivity contribution is 7.89. The van der Waals surface area contributed by atoms with Crippen molar-refractivity contribution in [2.45, 2.75) is 18.9 Å². The fourth-order valence-electron chi connectivity index (χ4n) is 3.76. The van der Waals surface area contributed by atoms with Gasteiger partial charge in [-0.1, -0.05) is 31.5 Å². The van der Waals surface area contributed by atoms with E-state index in [1.54, 1.807) is 13.1 Å². The maximum Gasteiger partial charge on any atom is 0.263 e. The Bertz CT molecular complexity index is 1030. The van der Waals surface area contributed by atoms with E-state index >= 15 is 0 Å². The standard InChI is InChI=1S/C21H31ClN6O3S/c1-4-26(5-2)10-9-23-20(29)19-16-25(3)24-21(19)32(30,31)28-13-11-27(12-14-28)18-8-6-7-17(22)15-18/h6-8,15-16H,4-5,9-14H2,1-3H3,(H,23,29). The molecule has 1 aliphatic heterocycles. The predicted octanol–water partition coefficient (Wildman–Crippen LogP) is 1.66. The molecule has 0 unspecified atom stereocenters. The maximum absolute atomic E-state index is 13.3. The normalized spacial score (nSPS) is 15.3. The number of anilines is 1. The number of aryl methyl sites for hydroxylation is 1. The van der Waals surface area contributed by atoms with Crippen molar-refractivity contribution in [3.8, 4) is 0 Å². The molecular formula is C21H31ClN6O3S. The van der Waals surface area contributed by atoms with Gasteiger partial charge in [-0.3, -0.25) is 9.48 Å². The highest BCUT2D eigenvalue weighted by atomic mass is 35.5. The Labute approximate surface area is 195 Å². The first-order valence-corrected chi connectivity index (χ1v) is 12.6. The fourth-order valence-corrected chi connectivity index (χ4v) is 5.49. The van der Waals surface area contributed by atoms with Crippen molar-refractivity contribution in [2.24, 2.45) is 7.05 Å². The van der Waals surface area contributed by atoms with Gasteiger partial charge in [-0.05, 0) is 31.3 Å². The van der Waals surface area contributed by atoms with Crippen molar-refractivity contribution < 1.29 is 13.2 Å². The summed E-state index contributed by atoms with van der Waals surface area (Å²) in [6, 6.07) is 7.50. The van der Waals surface area contributed by atoms with Gasteiger partial charge in [-0.15, -0.1) is 0 Å². The van der Waals surface area contributed by atoms with Gasteiger partial charge in [-0.25, -0.2) is 8.42 Å². The van der Waals surface area contributed by atoms with E-state index in [1.807, 2.05) is 18.2 Å². The number of rotatable bonds is 9. The zero-order valence-electron chi connectivity index (χ0n) is 18.8. The Morgan fingerprint density at radius 1 is 1.19 bits per heavy atom. The Morgan fingerprint density at radius 2 is 1.88 bits per heavy atom. The first-order valence-electron chi connectivity index (χ1n) is 10.8. The Kier molecular flexibility index (Phi) is 8.16. The van der Waals surface area contributed by atoms with Crippen LogP contribution in [0.2, 0.25) is 5.02 Å². The van der Waals surface area contributed by atoms with E-state index in [2.05, 4.69) is 34.1 Å². The number of nitrogens with zero attached hydrogens (tertiary/aromatic N) is 5. The number of carbonyl (C=O) groups is 1. The number of amides is 1. The molecule has 1 N–H and O–H groups in total. The average Bonchev–Trinajstić information content (AvgIpc) is 3.19. The minimum atomic E-state index is -3.90. The predicted molar refractivity (Wildman–Crippen MR) is 126 cm³/mol. The number of nitrogens with one attached hydrogen (secondary N) is 1. The zero-order valence-corrected chi connectivity index (χ0v) is 20.4. The minimum Gasteiger partial charge on any atom is -0.369 e. The summed E-state index contributed by atoms with van der Waals surface area (Å²) in [4.78, 5) is 17.0. The number of benzene rings is 1. The van der Waals surface area contributed by atoms with Crippen molar-refractivity contribution >= 4 is 33.2 Å². The van der Waals surface area contributed by atoms with E-state index < -0.39 is 15.9 Å². The largest absolute Gasteiger partial charge is 0.369 e. The SMILES string of the molecule is CCN(CC)CCNC(=O)c1cn(C)nc1S(=O)(=O)N1CCN(c2cccc(Cl)c2)CC1. The van der Waals surface area contributed by atoms with Crippen LogP contribution in [0.5, 0.6) is 0 Å². The van der Waals surface area contributed by atoms with E-state index in [-0.39, 0.29) is 10.6 Å². The monoisotopic (exact) mass is 482 g/mol. The Morgan fingerprint density at radius 3 is 2.50 bits per heavy atom. The number of aromatic nitrogens is 2. The van der Waals surface area contributed by atoms with Crippen LogP contribution in [0.25, 0.3) is 0 Å². The zero-order chi connectivity index (χ0) is 23.3. The van der Waals surface area contributed by atoms with Gasteiger partial charge in [0.2, 0.25) is 5.03 Å². The summed E-state index contributed by atoms with van der Waals surface area (Å²) in [6.45, 7) is 8.69. The van der Waals surface area contributed by atoms with Crippen LogP contribution in [0.4, 0.5) is 5.69 Å². The van der Waals surface area contributed by atoms with E-state index in [0.29, 0.717) is 44.3 Å².